The average molecular weight is 504 g/mol. The van der Waals surface area contributed by atoms with Crippen molar-refractivity contribution in [2.24, 2.45) is 5.73 Å². The zero-order valence-corrected chi connectivity index (χ0v) is 20.8. The minimum absolute atomic E-state index is 0.0744. The summed E-state index contributed by atoms with van der Waals surface area (Å²) in [5.74, 6) is 1.38. The molecule has 5 rings (SSSR count). The molecular formula is C27H33N7O3. The standard InChI is InChI=1S/C27H33N7O3/c28-10-2-11-30-26-31-17-20(18-32-26)19-5-12-29-24(15-19)33-21-3-1-4-23(16-21)37-22-6-13-34(14-7-22)27(8-9-27)25(35)36/h1,3-5,12,15-18,22H,2,6-11,13-14,28H2,(H,29,33)(H,35,36)(H,30,31,32). The van der Waals surface area contributed by atoms with Crippen LogP contribution in [0.5, 0.6) is 5.75 Å². The lowest BCUT2D eigenvalue weighted by Crippen LogP contribution is -2.49. The normalized spacial score (nSPS) is 17.2. The summed E-state index contributed by atoms with van der Waals surface area (Å²) in [6, 6.07) is 11.7. The van der Waals surface area contributed by atoms with Crippen LogP contribution in [0.4, 0.5) is 17.5 Å². The first-order valence-electron chi connectivity index (χ1n) is 12.8. The van der Waals surface area contributed by atoms with E-state index in [1.807, 2.05) is 36.4 Å². The lowest BCUT2D eigenvalue weighted by molar-refractivity contribution is -0.146. The Labute approximate surface area is 216 Å². The van der Waals surface area contributed by atoms with Gasteiger partial charge in [-0.15, -0.1) is 0 Å². The van der Waals surface area contributed by atoms with E-state index in [1.165, 1.54) is 0 Å². The van der Waals surface area contributed by atoms with Gasteiger partial charge in [-0.05, 0) is 68.5 Å². The molecule has 5 N–H and O–H groups in total. The second-order valence-corrected chi connectivity index (χ2v) is 9.59. The fourth-order valence-electron chi connectivity index (χ4n) is 4.72. The van der Waals surface area contributed by atoms with E-state index in [-0.39, 0.29) is 6.10 Å². The van der Waals surface area contributed by atoms with Gasteiger partial charge >= 0.3 is 5.97 Å². The maximum atomic E-state index is 11.6. The first kappa shape index (κ1) is 24.9. The van der Waals surface area contributed by atoms with Crippen LogP contribution in [0.2, 0.25) is 0 Å². The molecule has 0 unspecified atom stereocenters. The minimum Gasteiger partial charge on any atom is -0.490 e. The summed E-state index contributed by atoms with van der Waals surface area (Å²) in [4.78, 5) is 26.9. The van der Waals surface area contributed by atoms with Gasteiger partial charge in [-0.2, -0.15) is 0 Å². The number of hydrogen-bond acceptors (Lipinski definition) is 9. The molecule has 2 aliphatic rings. The van der Waals surface area contributed by atoms with Gasteiger partial charge in [0, 0.05) is 55.5 Å². The Bertz CT molecular complexity index is 1210. The minimum atomic E-state index is -0.691. The van der Waals surface area contributed by atoms with Crippen LogP contribution in [-0.2, 0) is 4.79 Å². The summed E-state index contributed by atoms with van der Waals surface area (Å²) in [6.45, 7) is 2.87. The Morgan fingerprint density at radius 3 is 2.59 bits per heavy atom. The van der Waals surface area contributed by atoms with Crippen LogP contribution >= 0.6 is 0 Å². The van der Waals surface area contributed by atoms with Crippen molar-refractivity contribution in [2.75, 3.05) is 36.8 Å². The zero-order valence-electron chi connectivity index (χ0n) is 20.8. The molecule has 3 heterocycles. The first-order chi connectivity index (χ1) is 18.1. The molecule has 0 bridgehead atoms. The van der Waals surface area contributed by atoms with Gasteiger partial charge in [-0.1, -0.05) is 6.07 Å². The van der Waals surface area contributed by atoms with Crippen LogP contribution < -0.4 is 21.1 Å². The molecule has 0 radical (unpaired) electrons. The molecular weight excluding hydrogens is 470 g/mol. The van der Waals surface area contributed by atoms with Crippen LogP contribution in [0.15, 0.2) is 55.0 Å². The summed E-state index contributed by atoms with van der Waals surface area (Å²) in [5, 5.41) is 16.1. The largest absolute Gasteiger partial charge is 0.490 e. The van der Waals surface area contributed by atoms with E-state index in [9.17, 15) is 9.90 Å². The van der Waals surface area contributed by atoms with Gasteiger partial charge < -0.3 is 26.2 Å². The van der Waals surface area contributed by atoms with Crippen molar-refractivity contribution in [2.45, 2.75) is 43.7 Å². The predicted molar refractivity (Wildman–Crippen MR) is 142 cm³/mol. The van der Waals surface area contributed by atoms with Crippen molar-refractivity contribution in [3.63, 3.8) is 0 Å². The first-order valence-corrected chi connectivity index (χ1v) is 12.8. The number of nitrogens with one attached hydrogen (secondary N) is 2. The molecule has 0 spiro atoms. The van der Waals surface area contributed by atoms with Gasteiger partial charge in [0.25, 0.3) is 0 Å². The van der Waals surface area contributed by atoms with Crippen LogP contribution in [0.1, 0.15) is 32.1 Å². The number of nitrogens with two attached hydrogens (primary N) is 1. The summed E-state index contributed by atoms with van der Waals surface area (Å²) in [7, 11) is 0. The quantitative estimate of drug-likeness (QED) is 0.288. The van der Waals surface area contributed by atoms with Crippen molar-refractivity contribution < 1.29 is 14.6 Å². The maximum Gasteiger partial charge on any atom is 0.324 e. The molecule has 1 aliphatic carbocycles. The number of rotatable bonds is 11. The summed E-state index contributed by atoms with van der Waals surface area (Å²) >= 11 is 0. The molecule has 0 atom stereocenters. The SMILES string of the molecule is NCCCNc1ncc(-c2ccnc(Nc3cccc(OC4CCN(C5(C(=O)O)CC5)CC4)c3)c2)cn1. The fraction of sp³-hybridized carbons (Fsp3) is 0.407. The molecule has 1 saturated heterocycles. The second-order valence-electron chi connectivity index (χ2n) is 9.59. The third kappa shape index (κ3) is 5.98. The third-order valence-corrected chi connectivity index (χ3v) is 6.99. The second kappa shape index (κ2) is 11.1. The Morgan fingerprint density at radius 2 is 1.89 bits per heavy atom. The number of aliphatic carboxylic acids is 1. The number of pyridine rings is 1. The Kier molecular flexibility index (Phi) is 7.47. The van der Waals surface area contributed by atoms with E-state index < -0.39 is 11.5 Å². The highest BCUT2D eigenvalue weighted by molar-refractivity contribution is 5.82. The molecule has 10 heteroatoms. The highest BCUT2D eigenvalue weighted by atomic mass is 16.5. The fourth-order valence-corrected chi connectivity index (χ4v) is 4.72. The number of anilines is 3. The van der Waals surface area contributed by atoms with E-state index in [4.69, 9.17) is 10.5 Å². The molecule has 3 aromatic rings. The van der Waals surface area contributed by atoms with Gasteiger partial charge in [0.15, 0.2) is 0 Å². The molecule has 10 nitrogen and oxygen atoms in total. The Morgan fingerprint density at radius 1 is 1.11 bits per heavy atom. The average Bonchev–Trinajstić information content (AvgIpc) is 3.73. The summed E-state index contributed by atoms with van der Waals surface area (Å²) in [5.41, 5.74) is 7.63. The summed E-state index contributed by atoms with van der Waals surface area (Å²) in [6.07, 6.45) is 9.41. The predicted octanol–water partition coefficient (Wildman–Crippen LogP) is 3.50. The van der Waals surface area contributed by atoms with E-state index in [2.05, 4.69) is 30.5 Å². The van der Waals surface area contributed by atoms with E-state index in [1.54, 1.807) is 18.6 Å². The molecule has 2 aromatic heterocycles. The van der Waals surface area contributed by atoms with Gasteiger partial charge in [0.1, 0.15) is 23.2 Å². The van der Waals surface area contributed by atoms with Crippen molar-refractivity contribution >= 4 is 23.4 Å². The van der Waals surface area contributed by atoms with Crippen molar-refractivity contribution in [1.29, 1.82) is 0 Å². The molecule has 194 valence electrons. The molecule has 1 aliphatic heterocycles. The Balaban J connectivity index is 1.18. The van der Waals surface area contributed by atoms with Crippen LogP contribution in [0, 0.1) is 0 Å². The molecule has 0 amide bonds. The molecule has 37 heavy (non-hydrogen) atoms. The lowest BCUT2D eigenvalue weighted by atomic mass is 10.0. The zero-order chi connectivity index (χ0) is 25.7. The third-order valence-electron chi connectivity index (χ3n) is 6.99. The molecule has 1 saturated carbocycles. The van der Waals surface area contributed by atoms with Crippen LogP contribution in [0.3, 0.4) is 0 Å². The van der Waals surface area contributed by atoms with Crippen LogP contribution in [0.25, 0.3) is 11.1 Å². The number of carboxylic acids is 1. The number of ether oxygens (including phenoxy) is 1. The van der Waals surface area contributed by atoms with Crippen LogP contribution in [-0.4, -0.2) is 68.7 Å². The number of aromatic nitrogens is 3. The van der Waals surface area contributed by atoms with E-state index >= 15 is 0 Å². The highest BCUT2D eigenvalue weighted by Gasteiger charge is 2.55. The monoisotopic (exact) mass is 503 g/mol. The number of nitrogens with zero attached hydrogens (tertiary/aromatic N) is 4. The topological polar surface area (TPSA) is 139 Å². The van der Waals surface area contributed by atoms with E-state index in [0.717, 1.165) is 74.3 Å². The summed E-state index contributed by atoms with van der Waals surface area (Å²) < 4.78 is 6.25. The van der Waals surface area contributed by atoms with Crippen molar-refractivity contribution in [3.05, 3.63) is 55.0 Å². The van der Waals surface area contributed by atoms with Gasteiger partial charge in [-0.3, -0.25) is 9.69 Å². The number of carboxylic acid groups (broad SMARTS) is 1. The highest BCUT2D eigenvalue weighted by Crippen LogP contribution is 2.43. The van der Waals surface area contributed by atoms with Gasteiger partial charge in [0.05, 0.1) is 0 Å². The smallest absolute Gasteiger partial charge is 0.324 e. The lowest BCUT2D eigenvalue weighted by Gasteiger charge is -2.36. The van der Waals surface area contributed by atoms with Crippen molar-refractivity contribution in [3.8, 4) is 16.9 Å². The number of carbonyl (C=O) groups is 1. The number of piperidine rings is 1. The van der Waals surface area contributed by atoms with E-state index in [0.29, 0.717) is 18.3 Å². The number of hydrogen-bond donors (Lipinski definition) is 4. The molecule has 2 fully saturated rings. The van der Waals surface area contributed by atoms with Gasteiger partial charge in [0.2, 0.25) is 5.95 Å². The van der Waals surface area contributed by atoms with Gasteiger partial charge in [-0.25, -0.2) is 15.0 Å². The number of benzene rings is 1. The van der Waals surface area contributed by atoms with Crippen molar-refractivity contribution in [1.82, 2.24) is 19.9 Å². The number of likely N-dealkylation sites (tertiary alicyclic amines) is 1. The molecule has 1 aromatic carbocycles. The maximum absolute atomic E-state index is 11.6. The Hall–Kier alpha value is -3.76.